The maximum Gasteiger partial charge on any atom is 0.404 e. The molecule has 0 heterocycles. The van der Waals surface area contributed by atoms with Crippen molar-refractivity contribution >= 4 is 17.9 Å². The molecule has 3 atom stereocenters. The van der Waals surface area contributed by atoms with Crippen LogP contribution in [-0.2, 0) is 14.3 Å². The van der Waals surface area contributed by atoms with Gasteiger partial charge in [-0.1, -0.05) is 6.08 Å². The molecule has 3 unspecified atom stereocenters. The lowest BCUT2D eigenvalue weighted by Gasteiger charge is -2.37. The van der Waals surface area contributed by atoms with E-state index in [9.17, 15) is 14.4 Å². The summed E-state index contributed by atoms with van der Waals surface area (Å²) in [4.78, 5) is 35.5. The van der Waals surface area contributed by atoms with Crippen LogP contribution in [0.3, 0.4) is 0 Å². The first kappa shape index (κ1) is 19.0. The Labute approximate surface area is 137 Å². The highest BCUT2D eigenvalue weighted by molar-refractivity contribution is 5.92. The van der Waals surface area contributed by atoms with Crippen LogP contribution in [0.1, 0.15) is 40.5 Å². The summed E-state index contributed by atoms with van der Waals surface area (Å²) in [6, 6.07) is 0. The Hall–Kier alpha value is -2.05. The number of nitrogens with two attached hydrogens (primary N) is 1. The van der Waals surface area contributed by atoms with Crippen LogP contribution < -0.4 is 16.4 Å². The Morgan fingerprint density at radius 2 is 2.00 bits per heavy atom. The zero-order chi connectivity index (χ0) is 17.8. The van der Waals surface area contributed by atoms with E-state index in [1.807, 2.05) is 20.8 Å². The molecule has 1 rings (SSSR count). The Morgan fingerprint density at radius 1 is 1.39 bits per heavy atom. The summed E-state index contributed by atoms with van der Waals surface area (Å²) in [6.45, 7) is 10.7. The minimum absolute atomic E-state index is 0.0302. The summed E-state index contributed by atoms with van der Waals surface area (Å²) in [5, 5.41) is 5.69. The third-order valence-corrected chi connectivity index (χ3v) is 3.92. The predicted octanol–water partition coefficient (Wildman–Crippen LogP) is 1.08. The minimum Gasteiger partial charge on any atom is -0.449 e. The zero-order valence-electron chi connectivity index (χ0n) is 14.3. The van der Waals surface area contributed by atoms with Crippen LogP contribution in [0.15, 0.2) is 12.7 Å². The van der Waals surface area contributed by atoms with Crippen LogP contribution in [0.4, 0.5) is 4.79 Å². The number of carbonyl (C=O) groups excluding carboxylic acids is 3. The van der Waals surface area contributed by atoms with Crippen LogP contribution >= 0.6 is 0 Å². The normalized spacial score (nSPS) is 27.1. The number of allylic oxidation sites excluding steroid dienone is 1. The number of hydrogen-bond acceptors (Lipinski definition) is 4. The molecule has 1 aliphatic rings. The van der Waals surface area contributed by atoms with Crippen LogP contribution in [0.5, 0.6) is 0 Å². The molecular weight excluding hydrogens is 298 g/mol. The van der Waals surface area contributed by atoms with Crippen molar-refractivity contribution in [2.45, 2.75) is 51.6 Å². The highest BCUT2D eigenvalue weighted by Crippen LogP contribution is 2.41. The fraction of sp³-hybridized carbons (Fsp3) is 0.688. The van der Waals surface area contributed by atoms with E-state index in [1.54, 1.807) is 6.08 Å². The van der Waals surface area contributed by atoms with E-state index in [1.165, 1.54) is 6.92 Å². The van der Waals surface area contributed by atoms with Gasteiger partial charge in [0.2, 0.25) is 11.8 Å². The molecule has 0 aromatic heterocycles. The SMILES string of the molecule is C=CC1CC(COC(N)=O)C(NC(C)=O)(C(=O)NC(C)(C)C)C1. The van der Waals surface area contributed by atoms with E-state index in [-0.39, 0.29) is 30.3 Å². The summed E-state index contributed by atoms with van der Waals surface area (Å²) in [7, 11) is 0. The van der Waals surface area contributed by atoms with Gasteiger partial charge in [0, 0.05) is 18.4 Å². The maximum absolute atomic E-state index is 12.9. The highest BCUT2D eigenvalue weighted by Gasteiger charge is 2.53. The molecule has 0 aromatic rings. The lowest BCUT2D eigenvalue weighted by molar-refractivity contribution is -0.136. The van der Waals surface area contributed by atoms with Gasteiger partial charge in [0.1, 0.15) is 5.54 Å². The van der Waals surface area contributed by atoms with Gasteiger partial charge in [0.25, 0.3) is 0 Å². The summed E-state index contributed by atoms with van der Waals surface area (Å²) in [5.74, 6) is -0.941. The molecular formula is C16H27N3O4. The van der Waals surface area contributed by atoms with Crippen molar-refractivity contribution < 1.29 is 19.1 Å². The molecule has 1 fully saturated rings. The maximum atomic E-state index is 12.9. The number of amides is 3. The second-order valence-corrected chi connectivity index (χ2v) is 7.12. The number of primary amides is 1. The second-order valence-electron chi connectivity index (χ2n) is 7.12. The molecule has 130 valence electrons. The number of carbonyl (C=O) groups is 3. The molecule has 23 heavy (non-hydrogen) atoms. The third-order valence-electron chi connectivity index (χ3n) is 3.92. The monoisotopic (exact) mass is 325 g/mol. The lowest BCUT2D eigenvalue weighted by atomic mass is 9.85. The van der Waals surface area contributed by atoms with Gasteiger partial charge in [-0.05, 0) is 39.5 Å². The van der Waals surface area contributed by atoms with E-state index in [4.69, 9.17) is 10.5 Å². The van der Waals surface area contributed by atoms with Crippen LogP contribution in [0.2, 0.25) is 0 Å². The molecule has 0 aromatic carbocycles. The minimum atomic E-state index is -1.15. The molecule has 0 radical (unpaired) electrons. The standard InChI is InChI=1S/C16H27N3O4/c1-6-11-7-12(9-23-14(17)22)16(8-11,18-10(2)20)13(21)19-15(3,4)5/h6,11-12H,1,7-9H2,2-5H3,(H2,17,22)(H,18,20)(H,19,21). The summed E-state index contributed by atoms with van der Waals surface area (Å²) >= 11 is 0. The smallest absolute Gasteiger partial charge is 0.404 e. The van der Waals surface area contributed by atoms with Crippen molar-refractivity contribution in [2.24, 2.45) is 17.6 Å². The van der Waals surface area contributed by atoms with Gasteiger partial charge in [-0.3, -0.25) is 9.59 Å². The van der Waals surface area contributed by atoms with Gasteiger partial charge < -0.3 is 21.1 Å². The summed E-state index contributed by atoms with van der Waals surface area (Å²) in [6.07, 6.45) is 1.84. The molecule has 1 saturated carbocycles. The van der Waals surface area contributed by atoms with Crippen molar-refractivity contribution in [3.8, 4) is 0 Å². The third kappa shape index (κ3) is 4.97. The average molecular weight is 325 g/mol. The van der Waals surface area contributed by atoms with E-state index in [2.05, 4.69) is 17.2 Å². The van der Waals surface area contributed by atoms with E-state index in [0.717, 1.165) is 0 Å². The summed E-state index contributed by atoms with van der Waals surface area (Å²) in [5.41, 5.74) is 3.44. The van der Waals surface area contributed by atoms with Crippen molar-refractivity contribution in [3.05, 3.63) is 12.7 Å². The molecule has 0 aliphatic heterocycles. The fourth-order valence-electron chi connectivity index (χ4n) is 3.06. The van der Waals surface area contributed by atoms with Gasteiger partial charge in [-0.25, -0.2) is 4.79 Å². The Balaban J connectivity index is 3.15. The topological polar surface area (TPSA) is 111 Å². The molecule has 3 amide bonds. The van der Waals surface area contributed by atoms with E-state index >= 15 is 0 Å². The van der Waals surface area contributed by atoms with Gasteiger partial charge in [0.15, 0.2) is 0 Å². The zero-order valence-corrected chi connectivity index (χ0v) is 14.3. The first-order valence-electron chi connectivity index (χ1n) is 7.66. The number of hydrogen-bond donors (Lipinski definition) is 3. The summed E-state index contributed by atoms with van der Waals surface area (Å²) < 4.78 is 4.91. The number of nitrogens with one attached hydrogen (secondary N) is 2. The van der Waals surface area contributed by atoms with Crippen LogP contribution in [0.25, 0.3) is 0 Å². The van der Waals surface area contributed by atoms with E-state index in [0.29, 0.717) is 12.8 Å². The molecule has 0 spiro atoms. The van der Waals surface area contributed by atoms with Crippen molar-refractivity contribution in [2.75, 3.05) is 6.61 Å². The second kappa shape index (κ2) is 7.02. The first-order chi connectivity index (χ1) is 10.5. The molecule has 7 heteroatoms. The van der Waals surface area contributed by atoms with Gasteiger partial charge >= 0.3 is 6.09 Å². The molecule has 0 bridgehead atoms. The Morgan fingerprint density at radius 3 is 2.43 bits per heavy atom. The van der Waals surface area contributed by atoms with Gasteiger partial charge in [0.05, 0.1) is 6.61 Å². The molecule has 7 nitrogen and oxygen atoms in total. The largest absolute Gasteiger partial charge is 0.449 e. The number of ether oxygens (including phenoxy) is 1. The molecule has 4 N–H and O–H groups in total. The highest BCUT2D eigenvalue weighted by atomic mass is 16.5. The Kier molecular flexibility index (Phi) is 5.80. The quantitative estimate of drug-likeness (QED) is 0.657. The van der Waals surface area contributed by atoms with Crippen molar-refractivity contribution in [1.82, 2.24) is 10.6 Å². The first-order valence-corrected chi connectivity index (χ1v) is 7.66. The van der Waals surface area contributed by atoms with E-state index < -0.39 is 17.2 Å². The predicted molar refractivity (Wildman–Crippen MR) is 86.4 cm³/mol. The van der Waals surface area contributed by atoms with Crippen molar-refractivity contribution in [3.63, 3.8) is 0 Å². The van der Waals surface area contributed by atoms with Crippen LogP contribution in [0, 0.1) is 11.8 Å². The van der Waals surface area contributed by atoms with Gasteiger partial charge in [-0.15, -0.1) is 6.58 Å². The number of rotatable bonds is 5. The molecule has 1 aliphatic carbocycles. The fourth-order valence-corrected chi connectivity index (χ4v) is 3.06. The lowest BCUT2D eigenvalue weighted by Crippen LogP contribution is -2.64. The molecule has 0 saturated heterocycles. The van der Waals surface area contributed by atoms with Gasteiger partial charge in [-0.2, -0.15) is 0 Å². The van der Waals surface area contributed by atoms with Crippen molar-refractivity contribution in [1.29, 1.82) is 0 Å². The average Bonchev–Trinajstić information content (AvgIpc) is 2.73. The van der Waals surface area contributed by atoms with Crippen LogP contribution in [-0.4, -0.2) is 35.6 Å². The Bertz CT molecular complexity index is 498.